The van der Waals surface area contributed by atoms with Gasteiger partial charge in [-0.3, -0.25) is 0 Å². The number of rotatable bonds is 10. The molecule has 4 radical (unpaired) electrons. The van der Waals surface area contributed by atoms with E-state index in [1.807, 2.05) is 60.4 Å². The van der Waals surface area contributed by atoms with Gasteiger partial charge in [-0.05, 0) is 122 Å². The fraction of sp³-hybridized carbons (Fsp3) is 0.159. The van der Waals surface area contributed by atoms with Gasteiger partial charge < -0.3 is 33.5 Å². The first kappa shape index (κ1) is 79.2. The summed E-state index contributed by atoms with van der Waals surface area (Å²) in [5, 5.41) is 15.6. The number of hydrogen-bond donors (Lipinski definition) is 0. The first-order valence-electron chi connectivity index (χ1n) is 34.5. The van der Waals surface area contributed by atoms with E-state index in [2.05, 4.69) is 329 Å². The zero-order chi connectivity index (χ0) is 69.7. The van der Waals surface area contributed by atoms with E-state index in [4.69, 9.17) is 14.4 Å². The molecule has 17 rings (SSSR count). The van der Waals surface area contributed by atoms with E-state index in [-0.39, 0.29) is 80.4 Å². The second kappa shape index (κ2) is 32.8. The molecular formula is C88H82Ir4N6OSSi4-4. The normalized spacial score (nSPS) is 11.6. The molecule has 9 aromatic carbocycles. The first-order valence-corrected chi connectivity index (χ1v) is 49.3. The predicted octanol–water partition coefficient (Wildman–Crippen LogP) is 21.9. The summed E-state index contributed by atoms with van der Waals surface area (Å²) in [5.74, 6) is 0. The summed E-state index contributed by atoms with van der Waals surface area (Å²) in [4.78, 5) is 18.6. The molecular weight excluding hydrogens is 2070 g/mol. The summed E-state index contributed by atoms with van der Waals surface area (Å²) < 4.78 is 13.2. The van der Waals surface area contributed by atoms with E-state index in [9.17, 15) is 0 Å². The van der Waals surface area contributed by atoms with Gasteiger partial charge in [-0.15, -0.1) is 95.1 Å². The van der Waals surface area contributed by atoms with Crippen LogP contribution in [0.4, 0.5) is 0 Å². The van der Waals surface area contributed by atoms with Gasteiger partial charge in [-0.1, -0.05) is 236 Å². The van der Waals surface area contributed by atoms with Crippen LogP contribution in [0.5, 0.6) is 0 Å². The Morgan fingerprint density at radius 1 is 0.346 bits per heavy atom. The Kier molecular flexibility index (Phi) is 25.0. The maximum absolute atomic E-state index is 5.88. The van der Waals surface area contributed by atoms with E-state index in [1.165, 1.54) is 90.2 Å². The molecule has 16 heteroatoms. The van der Waals surface area contributed by atoms with Gasteiger partial charge in [-0.25, -0.2) is 0 Å². The second-order valence-corrected chi connectivity index (χ2v) is 51.2. The van der Waals surface area contributed by atoms with E-state index >= 15 is 0 Å². The minimum atomic E-state index is -1.47. The molecule has 0 aliphatic heterocycles. The summed E-state index contributed by atoms with van der Waals surface area (Å²) in [6.07, 6.45) is 7.64. The van der Waals surface area contributed by atoms with Crippen molar-refractivity contribution in [2.45, 2.75) is 92.0 Å². The third-order valence-corrected chi connectivity index (χ3v) is 28.1. The van der Waals surface area contributed by atoms with Crippen molar-refractivity contribution >= 4 is 150 Å². The van der Waals surface area contributed by atoms with Crippen LogP contribution >= 0.6 is 11.3 Å². The Bertz CT molecular complexity index is 5890. The van der Waals surface area contributed by atoms with Gasteiger partial charge in [0.2, 0.25) is 0 Å². The van der Waals surface area contributed by atoms with Crippen molar-refractivity contribution in [2.24, 2.45) is 0 Å². The average molecular weight is 2150 g/mol. The van der Waals surface area contributed by atoms with Gasteiger partial charge >= 0.3 is 0 Å². The minimum Gasteiger partial charge on any atom is -0.500 e. The number of aryl methyl sites for hydroxylation is 1. The van der Waals surface area contributed by atoms with E-state index < -0.39 is 32.3 Å². The standard InChI is InChI=1S/C26H23N2Si.C22H23N2Si.C20H18NOSi.C20H18NSSi.4Ir/c1-29(2,3)21-15-16-27-24(18-21)19-13-14-26-23(17-19)22-11-7-8-12-25(22)28(26)20-9-5-4-6-10-20;1-5-24-19-10-7-6-9-17(19)18-15-16(12-13-20(18)24)22-21(25(2,3)4)11-8-14-23-22;1-23(2,3)15-10-11-21-18(13-15)14-8-9-20-17(12-14)16-6-4-5-7-19(16)22-20;1-23(2,3)19-9-6-12-21-20(19)14-10-11-18-16(13-14)15-7-4-5-8-17(15)22-18;;;;/h4-12,14-18H,1-3H3;6-11,13-15H,5H2,1-4H3;4-7,9-13H,1-3H3;4-9,11-13H,1-3H3;;;;/q4*-1;;;;. The summed E-state index contributed by atoms with van der Waals surface area (Å²) in [7, 11) is -5.66. The Labute approximate surface area is 673 Å². The topological polar surface area (TPSA) is 74.6 Å². The number of furan rings is 1. The molecule has 0 saturated heterocycles. The number of pyridine rings is 4. The van der Waals surface area contributed by atoms with Crippen LogP contribution in [0.3, 0.4) is 0 Å². The Morgan fingerprint density at radius 3 is 1.39 bits per heavy atom. The summed E-state index contributed by atoms with van der Waals surface area (Å²) in [5.41, 5.74) is 16.3. The molecule has 104 heavy (non-hydrogen) atoms. The van der Waals surface area contributed by atoms with E-state index in [1.54, 1.807) is 0 Å². The first-order chi connectivity index (χ1) is 48.1. The molecule has 0 bridgehead atoms. The van der Waals surface area contributed by atoms with Crippen molar-refractivity contribution in [3.8, 4) is 50.7 Å². The van der Waals surface area contributed by atoms with Crippen molar-refractivity contribution in [1.82, 2.24) is 29.1 Å². The quantitative estimate of drug-likeness (QED) is 0.101. The molecule has 8 aromatic heterocycles. The maximum Gasteiger partial charge on any atom is 0.120 e. The van der Waals surface area contributed by atoms with E-state index in [0.717, 1.165) is 73.5 Å². The van der Waals surface area contributed by atoms with Crippen molar-refractivity contribution in [3.63, 3.8) is 0 Å². The second-order valence-electron chi connectivity index (χ2n) is 29.8. The maximum atomic E-state index is 5.88. The summed E-state index contributed by atoms with van der Waals surface area (Å²) >= 11 is 1.83. The van der Waals surface area contributed by atoms with Crippen LogP contribution in [0.1, 0.15) is 6.92 Å². The number of hydrogen-bond acceptors (Lipinski definition) is 6. The molecule has 7 nitrogen and oxygen atoms in total. The third-order valence-electron chi connectivity index (χ3n) is 18.8. The van der Waals surface area contributed by atoms with Crippen LogP contribution in [0.2, 0.25) is 78.6 Å². The summed E-state index contributed by atoms with van der Waals surface area (Å²) in [6.45, 7) is 31.5. The van der Waals surface area contributed by atoms with Crippen molar-refractivity contribution in [1.29, 1.82) is 0 Å². The molecule has 17 aromatic rings. The predicted molar refractivity (Wildman–Crippen MR) is 439 cm³/mol. The number of benzene rings is 9. The number of nitrogens with zero attached hydrogens (tertiary/aromatic N) is 6. The van der Waals surface area contributed by atoms with Gasteiger partial charge in [0.25, 0.3) is 0 Å². The molecule has 0 amide bonds. The average Bonchev–Trinajstić information content (AvgIpc) is 1.61. The van der Waals surface area contributed by atoms with Crippen molar-refractivity contribution in [3.05, 3.63) is 274 Å². The van der Waals surface area contributed by atoms with Crippen molar-refractivity contribution in [2.75, 3.05) is 0 Å². The molecule has 8 heterocycles. The fourth-order valence-corrected chi connectivity index (χ4v) is 19.9. The Morgan fingerprint density at radius 2 is 0.808 bits per heavy atom. The molecule has 0 aliphatic rings. The molecule has 532 valence electrons. The van der Waals surface area contributed by atoms with Crippen LogP contribution in [-0.2, 0) is 87.0 Å². The largest absolute Gasteiger partial charge is 0.500 e. The van der Waals surface area contributed by atoms with Crippen LogP contribution < -0.4 is 20.7 Å². The number of thiophene rings is 1. The molecule has 0 spiro atoms. The number of para-hydroxylation sites is 4. The van der Waals surface area contributed by atoms with Crippen LogP contribution in [0, 0.1) is 24.3 Å². The van der Waals surface area contributed by atoms with Gasteiger partial charge in [0, 0.05) is 139 Å². The monoisotopic (exact) mass is 2150 g/mol. The number of aromatic nitrogens is 6. The van der Waals surface area contributed by atoms with Gasteiger partial charge in [0.15, 0.2) is 0 Å². The van der Waals surface area contributed by atoms with Crippen molar-refractivity contribution < 1.29 is 84.8 Å². The third kappa shape index (κ3) is 16.5. The smallest absolute Gasteiger partial charge is 0.120 e. The molecule has 0 atom stereocenters. The zero-order valence-electron chi connectivity index (χ0n) is 60.7. The van der Waals surface area contributed by atoms with E-state index in [0.29, 0.717) is 0 Å². The van der Waals surface area contributed by atoms with Gasteiger partial charge in [0.05, 0.1) is 37.9 Å². The molecule has 0 unspecified atom stereocenters. The Balaban J connectivity index is 0.000000148. The molecule has 0 fully saturated rings. The zero-order valence-corrected chi connectivity index (χ0v) is 75.1. The Hall–Kier alpha value is -7.34. The summed E-state index contributed by atoms with van der Waals surface area (Å²) in [6, 6.07) is 92.9. The van der Waals surface area contributed by atoms with Crippen LogP contribution in [-0.4, -0.2) is 61.4 Å². The molecule has 0 N–H and O–H groups in total. The fourth-order valence-electron chi connectivity index (χ4n) is 13.5. The van der Waals surface area contributed by atoms with Crippen LogP contribution in [0.25, 0.3) is 136 Å². The molecule has 0 aliphatic carbocycles. The van der Waals surface area contributed by atoms with Crippen LogP contribution in [0.15, 0.2) is 254 Å². The SMILES string of the molecule is CCn1c2c[c-]c(-c3ncccc3[Si](C)(C)C)cc2c2ccccc21.C[Si](C)(C)c1cccnc1-c1[c-]cc2sc3ccccc3c2c1.C[Si](C)(C)c1ccnc(-c2[c-]cc3c(c2)c2ccccc2n3-c2ccccc2)c1.C[Si](C)(C)c1ccnc(-c2[c-]cc3oc4ccccc4c3c2)c1.[Ir].[Ir].[Ir].[Ir]. The van der Waals surface area contributed by atoms with Gasteiger partial charge in [0.1, 0.15) is 5.58 Å². The minimum absolute atomic E-state index is 0. The molecule has 0 saturated carbocycles. The van der Waals surface area contributed by atoms with Gasteiger partial charge in [-0.2, -0.15) is 11.3 Å². The number of fused-ring (bicyclic) bond motifs is 12.